The van der Waals surface area contributed by atoms with Crippen molar-refractivity contribution < 1.29 is 14.7 Å². The third-order valence-corrected chi connectivity index (χ3v) is 2.98. The van der Waals surface area contributed by atoms with Crippen molar-refractivity contribution in [1.82, 2.24) is 20.5 Å². The summed E-state index contributed by atoms with van der Waals surface area (Å²) in [7, 11) is 0. The standard InChI is InChI=1S/C9H12N4O3/c14-7(6-11-5-12-13-6)10-4-9(8(15)16)2-1-3-9/h5H,1-4H2,(H,10,14)(H,15,16)(H,11,12,13). The van der Waals surface area contributed by atoms with E-state index in [4.69, 9.17) is 5.11 Å². The van der Waals surface area contributed by atoms with Gasteiger partial charge in [0.05, 0.1) is 5.41 Å². The Kier molecular flexibility index (Phi) is 2.59. The van der Waals surface area contributed by atoms with E-state index in [1.54, 1.807) is 0 Å². The van der Waals surface area contributed by atoms with Gasteiger partial charge < -0.3 is 10.4 Å². The average Bonchev–Trinajstić information content (AvgIpc) is 2.67. The van der Waals surface area contributed by atoms with Crippen LogP contribution >= 0.6 is 0 Å². The fourth-order valence-electron chi connectivity index (χ4n) is 1.72. The summed E-state index contributed by atoms with van der Waals surface area (Å²) in [6.45, 7) is 0.141. The predicted molar refractivity (Wildman–Crippen MR) is 52.6 cm³/mol. The first-order valence-corrected chi connectivity index (χ1v) is 5.01. The first kappa shape index (κ1) is 10.6. The molecule has 7 nitrogen and oxygen atoms in total. The molecule has 3 N–H and O–H groups in total. The molecule has 0 aliphatic heterocycles. The summed E-state index contributed by atoms with van der Waals surface area (Å²) >= 11 is 0. The van der Waals surface area contributed by atoms with E-state index in [1.807, 2.05) is 0 Å². The van der Waals surface area contributed by atoms with E-state index in [0.717, 1.165) is 6.42 Å². The highest BCUT2D eigenvalue weighted by Crippen LogP contribution is 2.40. The molecular weight excluding hydrogens is 212 g/mol. The van der Waals surface area contributed by atoms with Gasteiger partial charge in [0.1, 0.15) is 6.33 Å². The molecule has 0 unspecified atom stereocenters. The molecule has 0 saturated heterocycles. The third kappa shape index (κ3) is 1.75. The van der Waals surface area contributed by atoms with Crippen LogP contribution in [-0.2, 0) is 4.79 Å². The number of nitrogens with one attached hydrogen (secondary N) is 2. The molecule has 0 bridgehead atoms. The molecule has 86 valence electrons. The number of carboxylic acids is 1. The van der Waals surface area contributed by atoms with Crippen LogP contribution in [0.3, 0.4) is 0 Å². The molecule has 1 heterocycles. The van der Waals surface area contributed by atoms with Gasteiger partial charge in [-0.2, -0.15) is 5.10 Å². The molecule has 0 atom stereocenters. The van der Waals surface area contributed by atoms with Crippen LogP contribution in [0.1, 0.15) is 29.9 Å². The lowest BCUT2D eigenvalue weighted by Gasteiger charge is -2.37. The van der Waals surface area contributed by atoms with Crippen LogP contribution in [0.5, 0.6) is 0 Å². The molecule has 16 heavy (non-hydrogen) atoms. The van der Waals surface area contributed by atoms with Gasteiger partial charge in [-0.25, -0.2) is 4.98 Å². The second-order valence-corrected chi connectivity index (χ2v) is 3.96. The maximum absolute atomic E-state index is 11.5. The van der Waals surface area contributed by atoms with E-state index < -0.39 is 17.3 Å². The van der Waals surface area contributed by atoms with Crippen LogP contribution in [0.4, 0.5) is 0 Å². The zero-order valence-corrected chi connectivity index (χ0v) is 8.56. The maximum atomic E-state index is 11.5. The zero-order chi connectivity index (χ0) is 11.6. The van der Waals surface area contributed by atoms with Crippen LogP contribution in [0.25, 0.3) is 0 Å². The number of carboxylic acid groups (broad SMARTS) is 1. The molecule has 0 aromatic carbocycles. The minimum absolute atomic E-state index is 0.0971. The predicted octanol–water partition coefficient (Wildman–Crippen LogP) is -0.211. The smallest absolute Gasteiger partial charge is 0.311 e. The number of carbonyl (C=O) groups is 2. The normalized spacial score (nSPS) is 17.5. The van der Waals surface area contributed by atoms with Gasteiger partial charge in [-0.1, -0.05) is 6.42 Å². The number of aromatic amines is 1. The Balaban J connectivity index is 1.92. The van der Waals surface area contributed by atoms with Crippen molar-refractivity contribution in [3.05, 3.63) is 12.2 Å². The number of amides is 1. The monoisotopic (exact) mass is 224 g/mol. The van der Waals surface area contributed by atoms with Crippen LogP contribution in [0, 0.1) is 5.41 Å². The molecule has 1 aromatic rings. The van der Waals surface area contributed by atoms with E-state index in [2.05, 4.69) is 20.5 Å². The molecule has 7 heteroatoms. The summed E-state index contributed by atoms with van der Waals surface area (Å²) in [5.74, 6) is -1.18. The van der Waals surface area contributed by atoms with Gasteiger partial charge in [-0.05, 0) is 12.8 Å². The van der Waals surface area contributed by atoms with Crippen LogP contribution in [-0.4, -0.2) is 38.7 Å². The second kappa shape index (κ2) is 3.92. The molecule has 1 saturated carbocycles. The second-order valence-electron chi connectivity index (χ2n) is 3.96. The Hall–Kier alpha value is -1.92. The van der Waals surface area contributed by atoms with Crippen LogP contribution in [0.2, 0.25) is 0 Å². The molecule has 0 radical (unpaired) electrons. The average molecular weight is 224 g/mol. The number of rotatable bonds is 4. The Morgan fingerprint density at radius 2 is 2.31 bits per heavy atom. The van der Waals surface area contributed by atoms with Crippen molar-refractivity contribution in [2.75, 3.05) is 6.54 Å². The summed E-state index contributed by atoms with van der Waals surface area (Å²) in [6, 6.07) is 0. The first-order valence-electron chi connectivity index (χ1n) is 5.01. The largest absolute Gasteiger partial charge is 0.481 e. The summed E-state index contributed by atoms with van der Waals surface area (Å²) < 4.78 is 0. The third-order valence-electron chi connectivity index (χ3n) is 2.98. The van der Waals surface area contributed by atoms with E-state index in [0.29, 0.717) is 12.8 Å². The molecular formula is C9H12N4O3. The fraction of sp³-hybridized carbons (Fsp3) is 0.556. The van der Waals surface area contributed by atoms with Crippen LogP contribution < -0.4 is 5.32 Å². The highest BCUT2D eigenvalue weighted by molar-refractivity contribution is 5.90. The van der Waals surface area contributed by atoms with Crippen molar-refractivity contribution in [3.63, 3.8) is 0 Å². The number of nitrogens with zero attached hydrogens (tertiary/aromatic N) is 2. The van der Waals surface area contributed by atoms with Gasteiger partial charge >= 0.3 is 5.97 Å². The van der Waals surface area contributed by atoms with Crippen LogP contribution in [0.15, 0.2) is 6.33 Å². The van der Waals surface area contributed by atoms with Gasteiger partial charge in [0.25, 0.3) is 5.91 Å². The quantitative estimate of drug-likeness (QED) is 0.655. The highest BCUT2D eigenvalue weighted by atomic mass is 16.4. The molecule has 0 spiro atoms. The van der Waals surface area contributed by atoms with Crippen molar-refractivity contribution >= 4 is 11.9 Å². The Morgan fingerprint density at radius 3 is 2.75 bits per heavy atom. The van der Waals surface area contributed by atoms with Crippen molar-refractivity contribution in [3.8, 4) is 0 Å². The van der Waals surface area contributed by atoms with Gasteiger partial charge in [0.2, 0.25) is 5.82 Å². The highest BCUT2D eigenvalue weighted by Gasteiger charge is 2.44. The Labute approximate surface area is 91.3 Å². The van der Waals surface area contributed by atoms with Gasteiger partial charge in [-0.15, -0.1) is 0 Å². The Bertz CT molecular complexity index is 397. The number of hydrogen-bond donors (Lipinski definition) is 3. The van der Waals surface area contributed by atoms with Gasteiger partial charge in [0, 0.05) is 6.54 Å². The summed E-state index contributed by atoms with van der Waals surface area (Å²) in [4.78, 5) is 26.2. The molecule has 1 fully saturated rings. The van der Waals surface area contributed by atoms with Crippen molar-refractivity contribution in [1.29, 1.82) is 0 Å². The zero-order valence-electron chi connectivity index (χ0n) is 8.56. The molecule has 1 amide bonds. The molecule has 1 aliphatic carbocycles. The minimum atomic E-state index is -0.850. The van der Waals surface area contributed by atoms with E-state index >= 15 is 0 Å². The lowest BCUT2D eigenvalue weighted by atomic mass is 9.69. The fourth-order valence-corrected chi connectivity index (χ4v) is 1.72. The number of carbonyl (C=O) groups excluding carboxylic acids is 1. The number of hydrogen-bond acceptors (Lipinski definition) is 4. The maximum Gasteiger partial charge on any atom is 0.311 e. The van der Waals surface area contributed by atoms with E-state index in [1.165, 1.54) is 6.33 Å². The number of H-pyrrole nitrogens is 1. The molecule has 1 aliphatic rings. The van der Waals surface area contributed by atoms with E-state index in [9.17, 15) is 9.59 Å². The van der Waals surface area contributed by atoms with Gasteiger partial charge in [0.15, 0.2) is 0 Å². The summed E-state index contributed by atoms with van der Waals surface area (Å²) in [5.41, 5.74) is -0.782. The molecule has 2 rings (SSSR count). The van der Waals surface area contributed by atoms with Crippen molar-refractivity contribution in [2.45, 2.75) is 19.3 Å². The first-order chi connectivity index (χ1) is 7.64. The van der Waals surface area contributed by atoms with Gasteiger partial charge in [-0.3, -0.25) is 14.7 Å². The molecule has 1 aromatic heterocycles. The van der Waals surface area contributed by atoms with E-state index in [-0.39, 0.29) is 12.4 Å². The summed E-state index contributed by atoms with van der Waals surface area (Å²) in [6.07, 6.45) is 3.34. The lowest BCUT2D eigenvalue weighted by Crippen LogP contribution is -2.47. The number of aromatic nitrogens is 3. The SMILES string of the molecule is O=C(NCC1(C(=O)O)CCC1)c1ncn[nH]1. The number of aliphatic carboxylic acids is 1. The lowest BCUT2D eigenvalue weighted by molar-refractivity contribution is -0.153. The topological polar surface area (TPSA) is 108 Å². The minimum Gasteiger partial charge on any atom is -0.481 e. The summed E-state index contributed by atoms with van der Waals surface area (Å²) in [5, 5.41) is 17.6. The van der Waals surface area contributed by atoms with Crippen molar-refractivity contribution in [2.24, 2.45) is 5.41 Å². The Morgan fingerprint density at radius 1 is 1.56 bits per heavy atom.